The van der Waals surface area contributed by atoms with Crippen LogP contribution in [0.3, 0.4) is 0 Å². The van der Waals surface area contributed by atoms with E-state index in [0.717, 1.165) is 18.4 Å². The Morgan fingerprint density at radius 2 is 1.83 bits per heavy atom. The summed E-state index contributed by atoms with van der Waals surface area (Å²) >= 11 is 0. The molecule has 2 atom stereocenters. The van der Waals surface area contributed by atoms with E-state index in [0.29, 0.717) is 11.7 Å². The molecule has 2 aliphatic rings. The summed E-state index contributed by atoms with van der Waals surface area (Å²) in [6.07, 6.45) is 2.25. The fourth-order valence-corrected chi connectivity index (χ4v) is 3.27. The second-order valence-electron chi connectivity index (χ2n) is 7.28. The zero-order chi connectivity index (χ0) is 17.5. The van der Waals surface area contributed by atoms with E-state index >= 15 is 0 Å². The van der Waals surface area contributed by atoms with Crippen LogP contribution >= 0.6 is 0 Å². The van der Waals surface area contributed by atoms with Crippen LogP contribution in [-0.2, 0) is 20.8 Å². The number of anilines is 1. The van der Waals surface area contributed by atoms with Gasteiger partial charge >= 0.3 is 5.97 Å². The highest BCUT2D eigenvalue weighted by Gasteiger charge is 2.65. The Hall–Kier alpha value is -2.37. The van der Waals surface area contributed by atoms with Gasteiger partial charge in [0.05, 0.1) is 18.3 Å². The number of para-hydroxylation sites is 1. The largest absolute Gasteiger partial charge is 0.481 e. The number of carboxylic acids is 1. The van der Waals surface area contributed by atoms with Crippen molar-refractivity contribution in [3.05, 3.63) is 29.8 Å². The van der Waals surface area contributed by atoms with Gasteiger partial charge in [-0.1, -0.05) is 32.0 Å². The predicted octanol–water partition coefficient (Wildman–Crippen LogP) is 1.80. The lowest BCUT2D eigenvalue weighted by molar-refractivity contribution is -0.140. The summed E-state index contributed by atoms with van der Waals surface area (Å²) in [7, 11) is 0. The lowest BCUT2D eigenvalue weighted by atomic mass is 10.1. The van der Waals surface area contributed by atoms with E-state index < -0.39 is 23.2 Å². The molecule has 6 nitrogen and oxygen atoms in total. The number of rotatable bonds is 6. The number of amides is 2. The summed E-state index contributed by atoms with van der Waals surface area (Å²) in [5.74, 6) is -2.53. The van der Waals surface area contributed by atoms with Crippen molar-refractivity contribution in [2.24, 2.45) is 17.3 Å². The highest BCUT2D eigenvalue weighted by molar-refractivity contribution is 6.00. The Morgan fingerprint density at radius 3 is 2.42 bits per heavy atom. The van der Waals surface area contributed by atoms with Gasteiger partial charge in [-0.15, -0.1) is 0 Å². The molecule has 0 saturated heterocycles. The lowest BCUT2D eigenvalue weighted by Gasteiger charge is -2.12. The standard InChI is InChI=1S/C18H22N2O4/c1-18(2)14(15(18)17(23)24)16(22)20-12-6-4-3-5-10(12)9-13(21)19-11-7-8-11/h3-6,11,14-15H,7-9H2,1-2H3,(H,19,21)(H,20,22)(H,23,24)/t14-,15+/m1/s1. The molecule has 0 unspecified atom stereocenters. The van der Waals surface area contributed by atoms with Gasteiger partial charge in [0, 0.05) is 11.7 Å². The average Bonchev–Trinajstić information content (AvgIpc) is 3.38. The first-order chi connectivity index (χ1) is 11.3. The quantitative estimate of drug-likeness (QED) is 0.741. The minimum atomic E-state index is -0.947. The average molecular weight is 330 g/mol. The van der Waals surface area contributed by atoms with Crippen molar-refractivity contribution in [3.63, 3.8) is 0 Å². The molecule has 0 heterocycles. The molecule has 0 aromatic heterocycles. The Labute approximate surface area is 140 Å². The summed E-state index contributed by atoms with van der Waals surface area (Å²) in [5, 5.41) is 14.9. The molecule has 24 heavy (non-hydrogen) atoms. The molecule has 2 saturated carbocycles. The van der Waals surface area contributed by atoms with Crippen LogP contribution in [0.2, 0.25) is 0 Å². The number of carbonyl (C=O) groups excluding carboxylic acids is 2. The van der Waals surface area contributed by atoms with Gasteiger partial charge in [-0.3, -0.25) is 14.4 Å². The van der Waals surface area contributed by atoms with Gasteiger partial charge in [0.25, 0.3) is 0 Å². The molecule has 0 aliphatic heterocycles. The second kappa shape index (κ2) is 5.92. The fourth-order valence-electron chi connectivity index (χ4n) is 3.27. The number of hydrogen-bond donors (Lipinski definition) is 3. The highest BCUT2D eigenvalue weighted by atomic mass is 16.4. The lowest BCUT2D eigenvalue weighted by Crippen LogP contribution is -2.27. The first-order valence-corrected chi connectivity index (χ1v) is 8.21. The molecule has 2 aliphatic carbocycles. The molecule has 0 radical (unpaired) electrons. The maximum absolute atomic E-state index is 12.5. The molecular weight excluding hydrogens is 308 g/mol. The van der Waals surface area contributed by atoms with E-state index in [4.69, 9.17) is 0 Å². The van der Waals surface area contributed by atoms with E-state index in [2.05, 4.69) is 10.6 Å². The molecule has 3 N–H and O–H groups in total. The van der Waals surface area contributed by atoms with Crippen LogP contribution in [0.5, 0.6) is 0 Å². The van der Waals surface area contributed by atoms with Crippen molar-refractivity contribution >= 4 is 23.5 Å². The molecule has 1 aromatic rings. The Morgan fingerprint density at radius 1 is 1.17 bits per heavy atom. The number of hydrogen-bond acceptors (Lipinski definition) is 3. The predicted molar refractivity (Wildman–Crippen MR) is 88.3 cm³/mol. The van der Waals surface area contributed by atoms with Crippen LogP contribution in [0.4, 0.5) is 5.69 Å². The van der Waals surface area contributed by atoms with Gasteiger partial charge in [0.1, 0.15) is 0 Å². The van der Waals surface area contributed by atoms with Crippen LogP contribution in [0.25, 0.3) is 0 Å². The maximum Gasteiger partial charge on any atom is 0.307 e. The Bertz CT molecular complexity index is 694. The van der Waals surface area contributed by atoms with Crippen molar-refractivity contribution in [2.75, 3.05) is 5.32 Å². The number of carbonyl (C=O) groups is 3. The van der Waals surface area contributed by atoms with E-state index in [1.54, 1.807) is 32.0 Å². The first-order valence-electron chi connectivity index (χ1n) is 8.21. The van der Waals surface area contributed by atoms with Crippen LogP contribution in [-0.4, -0.2) is 28.9 Å². The summed E-state index contributed by atoms with van der Waals surface area (Å²) in [5.41, 5.74) is 0.753. The third-order valence-electron chi connectivity index (χ3n) is 4.94. The molecule has 0 bridgehead atoms. The van der Waals surface area contributed by atoms with E-state index in [9.17, 15) is 19.5 Å². The molecule has 2 fully saturated rings. The van der Waals surface area contributed by atoms with Gasteiger partial charge < -0.3 is 15.7 Å². The molecule has 128 valence electrons. The van der Waals surface area contributed by atoms with Crippen molar-refractivity contribution in [1.82, 2.24) is 5.32 Å². The van der Waals surface area contributed by atoms with Gasteiger partial charge in [-0.25, -0.2) is 0 Å². The van der Waals surface area contributed by atoms with E-state index in [1.807, 2.05) is 6.07 Å². The third kappa shape index (κ3) is 3.27. The molecule has 2 amide bonds. The number of benzene rings is 1. The van der Waals surface area contributed by atoms with Crippen molar-refractivity contribution in [2.45, 2.75) is 39.2 Å². The van der Waals surface area contributed by atoms with Crippen LogP contribution < -0.4 is 10.6 Å². The van der Waals surface area contributed by atoms with Gasteiger partial charge in [0.15, 0.2) is 0 Å². The van der Waals surface area contributed by atoms with Gasteiger partial charge in [-0.2, -0.15) is 0 Å². The smallest absolute Gasteiger partial charge is 0.307 e. The summed E-state index contributed by atoms with van der Waals surface area (Å²) in [6, 6.07) is 7.43. The topological polar surface area (TPSA) is 95.5 Å². The Kier molecular flexibility index (Phi) is 4.07. The number of nitrogens with one attached hydrogen (secondary N) is 2. The van der Waals surface area contributed by atoms with Crippen molar-refractivity contribution in [3.8, 4) is 0 Å². The molecule has 1 aromatic carbocycles. The van der Waals surface area contributed by atoms with Crippen LogP contribution in [0.15, 0.2) is 24.3 Å². The van der Waals surface area contributed by atoms with Gasteiger partial charge in [-0.05, 0) is 29.9 Å². The number of carboxylic acid groups (broad SMARTS) is 1. The monoisotopic (exact) mass is 330 g/mol. The number of aliphatic carboxylic acids is 1. The highest BCUT2D eigenvalue weighted by Crippen LogP contribution is 2.58. The molecule has 0 spiro atoms. The fraction of sp³-hybridized carbons (Fsp3) is 0.500. The van der Waals surface area contributed by atoms with E-state index in [-0.39, 0.29) is 18.2 Å². The summed E-state index contributed by atoms with van der Waals surface area (Å²) in [6.45, 7) is 3.57. The second-order valence-corrected chi connectivity index (χ2v) is 7.28. The zero-order valence-corrected chi connectivity index (χ0v) is 13.8. The van der Waals surface area contributed by atoms with Crippen molar-refractivity contribution < 1.29 is 19.5 Å². The minimum absolute atomic E-state index is 0.0608. The van der Waals surface area contributed by atoms with Crippen LogP contribution in [0.1, 0.15) is 32.3 Å². The van der Waals surface area contributed by atoms with Crippen LogP contribution in [0, 0.1) is 17.3 Å². The maximum atomic E-state index is 12.5. The van der Waals surface area contributed by atoms with Crippen molar-refractivity contribution in [1.29, 1.82) is 0 Å². The third-order valence-corrected chi connectivity index (χ3v) is 4.94. The molecule has 3 rings (SSSR count). The van der Waals surface area contributed by atoms with Gasteiger partial charge in [0.2, 0.25) is 11.8 Å². The SMILES string of the molecule is CC1(C)[C@H](C(=O)O)[C@@H]1C(=O)Nc1ccccc1CC(=O)NC1CC1. The summed E-state index contributed by atoms with van der Waals surface area (Å²) < 4.78 is 0. The molecule has 6 heteroatoms. The van der Waals surface area contributed by atoms with E-state index in [1.165, 1.54) is 0 Å². The molecular formula is C18H22N2O4. The normalized spacial score (nSPS) is 24.1. The Balaban J connectivity index is 1.68. The first kappa shape index (κ1) is 16.5. The summed E-state index contributed by atoms with van der Waals surface area (Å²) in [4.78, 5) is 35.7. The zero-order valence-electron chi connectivity index (χ0n) is 13.8. The minimum Gasteiger partial charge on any atom is -0.481 e.